The van der Waals surface area contributed by atoms with Gasteiger partial charge in [0.05, 0.1) is 15.3 Å². The van der Waals surface area contributed by atoms with Crippen molar-refractivity contribution in [2.45, 2.75) is 9.79 Å². The minimum atomic E-state index is -4.10. The molecule has 4 N–H and O–H groups in total. The van der Waals surface area contributed by atoms with Crippen LogP contribution in [-0.2, 0) is 20.0 Å². The van der Waals surface area contributed by atoms with Crippen LogP contribution in [0.25, 0.3) is 22.0 Å². The number of nitrogens with zero attached hydrogens (tertiary/aromatic N) is 1. The summed E-state index contributed by atoms with van der Waals surface area (Å²) in [5.41, 5.74) is 1.29. The Hall–Kier alpha value is -1.95. The van der Waals surface area contributed by atoms with Crippen molar-refractivity contribution in [2.24, 2.45) is 5.14 Å². The molecule has 2 aromatic carbocycles. The Kier molecular flexibility index (Phi) is 5.18. The topological polar surface area (TPSA) is 125 Å². The molecule has 0 spiro atoms. The van der Waals surface area contributed by atoms with Crippen molar-refractivity contribution in [1.82, 2.24) is 14.6 Å². The first-order valence-corrected chi connectivity index (χ1v) is 12.2. The van der Waals surface area contributed by atoms with Crippen LogP contribution in [0.3, 0.4) is 0 Å². The standard InChI is InChI=1S/C18H19ClN4O4S2/c19-16-3-2-13(18-14(16)5-6-22-18)15-11-12(1-4-17(15)28(20,24)25)29(26,27)23-9-7-21-8-10-23/h1-6,11,21-22H,7-10H2,(H2,20,24,25). The van der Waals surface area contributed by atoms with Crippen LogP contribution in [0.15, 0.2) is 52.4 Å². The summed E-state index contributed by atoms with van der Waals surface area (Å²) < 4.78 is 52.0. The van der Waals surface area contributed by atoms with Gasteiger partial charge >= 0.3 is 0 Å². The van der Waals surface area contributed by atoms with Crippen molar-refractivity contribution in [3.63, 3.8) is 0 Å². The van der Waals surface area contributed by atoms with Crippen molar-refractivity contribution in [3.8, 4) is 11.1 Å². The van der Waals surface area contributed by atoms with Gasteiger partial charge in [0.1, 0.15) is 0 Å². The number of sulfonamides is 2. The van der Waals surface area contributed by atoms with E-state index in [0.717, 1.165) is 0 Å². The van der Waals surface area contributed by atoms with Crippen LogP contribution in [0.4, 0.5) is 0 Å². The quantitative estimate of drug-likeness (QED) is 0.553. The second-order valence-electron chi connectivity index (χ2n) is 6.72. The molecule has 0 bridgehead atoms. The highest BCUT2D eigenvalue weighted by Crippen LogP contribution is 2.36. The lowest BCUT2D eigenvalue weighted by Crippen LogP contribution is -2.46. The monoisotopic (exact) mass is 454 g/mol. The molecule has 4 rings (SSSR count). The van der Waals surface area contributed by atoms with Crippen molar-refractivity contribution in [2.75, 3.05) is 26.2 Å². The van der Waals surface area contributed by atoms with Crippen LogP contribution in [0, 0.1) is 0 Å². The van der Waals surface area contributed by atoms with Gasteiger partial charge in [0.25, 0.3) is 0 Å². The number of primary sulfonamides is 1. The van der Waals surface area contributed by atoms with Gasteiger partial charge in [-0.1, -0.05) is 17.7 Å². The normalized spacial score (nSPS) is 16.3. The largest absolute Gasteiger partial charge is 0.361 e. The lowest BCUT2D eigenvalue weighted by atomic mass is 10.0. The Labute approximate surface area is 173 Å². The minimum Gasteiger partial charge on any atom is -0.361 e. The fourth-order valence-electron chi connectivity index (χ4n) is 3.51. The maximum atomic E-state index is 13.1. The fourth-order valence-corrected chi connectivity index (χ4v) is 5.93. The van der Waals surface area contributed by atoms with Crippen molar-refractivity contribution in [1.29, 1.82) is 0 Å². The molecular formula is C18H19ClN4O4S2. The van der Waals surface area contributed by atoms with Gasteiger partial charge in [-0.2, -0.15) is 4.31 Å². The molecule has 154 valence electrons. The first-order valence-electron chi connectivity index (χ1n) is 8.83. The van der Waals surface area contributed by atoms with E-state index < -0.39 is 20.0 Å². The van der Waals surface area contributed by atoms with Gasteiger partial charge in [0.15, 0.2) is 0 Å². The van der Waals surface area contributed by atoms with Crippen LogP contribution in [-0.4, -0.2) is 52.3 Å². The summed E-state index contributed by atoms with van der Waals surface area (Å²) in [4.78, 5) is 2.89. The lowest BCUT2D eigenvalue weighted by Gasteiger charge is -2.27. The minimum absolute atomic E-state index is 0.0106. The number of aromatic nitrogens is 1. The zero-order valence-electron chi connectivity index (χ0n) is 15.2. The van der Waals surface area contributed by atoms with Gasteiger partial charge in [-0.25, -0.2) is 22.0 Å². The van der Waals surface area contributed by atoms with Gasteiger partial charge in [0.2, 0.25) is 20.0 Å². The highest BCUT2D eigenvalue weighted by Gasteiger charge is 2.28. The summed E-state index contributed by atoms with van der Waals surface area (Å²) >= 11 is 6.22. The molecule has 1 fully saturated rings. The smallest absolute Gasteiger partial charge is 0.243 e. The maximum absolute atomic E-state index is 13.1. The van der Waals surface area contributed by atoms with Gasteiger partial charge in [-0.3, -0.25) is 0 Å². The Morgan fingerprint density at radius 2 is 1.69 bits per heavy atom. The van der Waals surface area contributed by atoms with Gasteiger partial charge < -0.3 is 10.3 Å². The van der Waals surface area contributed by atoms with Crippen LogP contribution < -0.4 is 10.5 Å². The molecule has 1 saturated heterocycles. The third kappa shape index (κ3) is 3.67. The zero-order valence-corrected chi connectivity index (χ0v) is 17.6. The molecule has 1 aliphatic heterocycles. The van der Waals surface area contributed by atoms with E-state index in [9.17, 15) is 16.8 Å². The van der Waals surface area contributed by atoms with E-state index >= 15 is 0 Å². The summed E-state index contributed by atoms with van der Waals surface area (Å²) in [5, 5.41) is 9.71. The fraction of sp³-hybridized carbons (Fsp3) is 0.222. The number of H-pyrrole nitrogens is 1. The van der Waals surface area contributed by atoms with E-state index in [2.05, 4.69) is 10.3 Å². The molecule has 1 aliphatic rings. The van der Waals surface area contributed by atoms with E-state index in [-0.39, 0.29) is 15.4 Å². The van der Waals surface area contributed by atoms with Gasteiger partial charge in [-0.15, -0.1) is 0 Å². The predicted molar refractivity (Wildman–Crippen MR) is 112 cm³/mol. The molecule has 0 atom stereocenters. The maximum Gasteiger partial charge on any atom is 0.243 e. The first-order chi connectivity index (χ1) is 13.7. The Bertz CT molecular complexity index is 1300. The number of fused-ring (bicyclic) bond motifs is 1. The molecular weight excluding hydrogens is 436 g/mol. The SMILES string of the molecule is NS(=O)(=O)c1ccc(S(=O)(=O)N2CCNCC2)cc1-c1ccc(Cl)c2cc[nH]c12. The number of nitrogens with one attached hydrogen (secondary N) is 2. The van der Waals surface area contributed by atoms with Crippen LogP contribution in [0.2, 0.25) is 5.02 Å². The van der Waals surface area contributed by atoms with E-state index in [0.29, 0.717) is 47.7 Å². The molecule has 3 aromatic rings. The number of piperazine rings is 1. The zero-order chi connectivity index (χ0) is 20.8. The van der Waals surface area contributed by atoms with E-state index in [4.69, 9.17) is 16.7 Å². The van der Waals surface area contributed by atoms with Crippen LogP contribution in [0.1, 0.15) is 0 Å². The van der Waals surface area contributed by atoms with Crippen molar-refractivity contribution >= 4 is 42.6 Å². The molecule has 0 unspecified atom stereocenters. The second kappa shape index (κ2) is 7.38. The number of nitrogens with two attached hydrogens (primary N) is 1. The lowest BCUT2D eigenvalue weighted by molar-refractivity contribution is 0.360. The summed E-state index contributed by atoms with van der Waals surface area (Å²) in [6.45, 7) is 1.80. The Morgan fingerprint density at radius 1 is 0.966 bits per heavy atom. The molecule has 29 heavy (non-hydrogen) atoms. The average Bonchev–Trinajstić information content (AvgIpc) is 3.19. The predicted octanol–water partition coefficient (Wildman–Crippen LogP) is 1.73. The highest BCUT2D eigenvalue weighted by molar-refractivity contribution is 7.89. The van der Waals surface area contributed by atoms with E-state index in [1.807, 2.05) is 0 Å². The van der Waals surface area contributed by atoms with Crippen LogP contribution in [0.5, 0.6) is 0 Å². The van der Waals surface area contributed by atoms with Gasteiger partial charge in [-0.05, 0) is 30.3 Å². The average molecular weight is 455 g/mol. The van der Waals surface area contributed by atoms with Gasteiger partial charge in [0, 0.05) is 53.9 Å². The van der Waals surface area contributed by atoms with Crippen molar-refractivity contribution < 1.29 is 16.8 Å². The Morgan fingerprint density at radius 3 is 2.38 bits per heavy atom. The Balaban J connectivity index is 1.95. The number of benzene rings is 2. The molecule has 2 heterocycles. The number of hydrogen-bond acceptors (Lipinski definition) is 5. The molecule has 8 nitrogen and oxygen atoms in total. The second-order valence-corrected chi connectivity index (χ2v) is 10.6. The summed E-state index contributed by atoms with van der Waals surface area (Å²) in [5.74, 6) is 0. The third-order valence-electron chi connectivity index (χ3n) is 4.93. The molecule has 11 heteroatoms. The number of halogens is 1. The van der Waals surface area contributed by atoms with Crippen molar-refractivity contribution in [3.05, 3.63) is 47.6 Å². The van der Waals surface area contributed by atoms with E-state index in [1.54, 1.807) is 24.4 Å². The first kappa shape index (κ1) is 20.3. The molecule has 0 saturated carbocycles. The third-order valence-corrected chi connectivity index (χ3v) is 8.12. The molecule has 0 radical (unpaired) electrons. The highest BCUT2D eigenvalue weighted by atomic mass is 35.5. The molecule has 0 amide bonds. The molecule has 0 aliphatic carbocycles. The molecule has 1 aromatic heterocycles. The summed E-state index contributed by atoms with van der Waals surface area (Å²) in [7, 11) is -7.88. The number of aromatic amines is 1. The van der Waals surface area contributed by atoms with E-state index in [1.165, 1.54) is 22.5 Å². The number of rotatable bonds is 4. The number of hydrogen-bond donors (Lipinski definition) is 3. The van der Waals surface area contributed by atoms with Crippen LogP contribution >= 0.6 is 11.6 Å². The summed E-state index contributed by atoms with van der Waals surface area (Å²) in [6.07, 6.45) is 1.68. The summed E-state index contributed by atoms with van der Waals surface area (Å²) in [6, 6.07) is 8.93.